The average molecular weight is 334 g/mol. The van der Waals surface area contributed by atoms with Crippen molar-refractivity contribution < 1.29 is 4.79 Å². The van der Waals surface area contributed by atoms with Crippen molar-refractivity contribution in [3.8, 4) is 0 Å². The molecule has 122 valence electrons. The maximum Gasteiger partial charge on any atom is 0.236 e. The summed E-state index contributed by atoms with van der Waals surface area (Å²) in [6.07, 6.45) is 3.47. The molecule has 0 saturated carbocycles. The van der Waals surface area contributed by atoms with Crippen molar-refractivity contribution in [2.24, 2.45) is 0 Å². The first kappa shape index (κ1) is 15.8. The van der Waals surface area contributed by atoms with Crippen molar-refractivity contribution >= 4 is 23.2 Å². The summed E-state index contributed by atoms with van der Waals surface area (Å²) in [5.74, 6) is 0.964. The second kappa shape index (κ2) is 7.48. The van der Waals surface area contributed by atoms with Crippen LogP contribution in [0.1, 0.15) is 5.82 Å². The van der Waals surface area contributed by atoms with E-state index in [1.807, 2.05) is 29.2 Å². The molecule has 23 heavy (non-hydrogen) atoms. The van der Waals surface area contributed by atoms with Gasteiger partial charge in [-0.05, 0) is 18.2 Å². The van der Waals surface area contributed by atoms with Crippen LogP contribution in [0.25, 0.3) is 0 Å². The number of halogens is 1. The molecule has 0 aliphatic carbocycles. The number of rotatable bonds is 5. The maximum absolute atomic E-state index is 12.2. The molecular formula is C16H20ClN5O. The molecule has 1 saturated heterocycles. The summed E-state index contributed by atoms with van der Waals surface area (Å²) in [4.78, 5) is 23.5. The standard InChI is InChI=1S/C16H20ClN5O/c17-13-2-1-3-14(10-13)21-6-8-22(9-7-21)16(23)12-18-11-15-19-4-5-20-15/h1-5,10,18H,6-9,11-12H2,(H,19,20). The highest BCUT2D eigenvalue weighted by Gasteiger charge is 2.21. The molecule has 2 aromatic rings. The van der Waals surface area contributed by atoms with Crippen molar-refractivity contribution in [2.45, 2.75) is 6.54 Å². The number of benzene rings is 1. The molecule has 1 aliphatic rings. The Balaban J connectivity index is 1.44. The van der Waals surface area contributed by atoms with Gasteiger partial charge in [-0.3, -0.25) is 4.79 Å². The number of nitrogens with zero attached hydrogens (tertiary/aromatic N) is 3. The van der Waals surface area contributed by atoms with Gasteiger partial charge in [-0.1, -0.05) is 17.7 Å². The number of H-pyrrole nitrogens is 1. The molecule has 0 bridgehead atoms. The Morgan fingerprint density at radius 2 is 2.13 bits per heavy atom. The smallest absolute Gasteiger partial charge is 0.236 e. The van der Waals surface area contributed by atoms with Crippen LogP contribution >= 0.6 is 11.6 Å². The zero-order chi connectivity index (χ0) is 16.1. The van der Waals surface area contributed by atoms with Crippen LogP contribution in [0.5, 0.6) is 0 Å². The minimum atomic E-state index is 0.127. The van der Waals surface area contributed by atoms with Crippen molar-refractivity contribution in [1.29, 1.82) is 0 Å². The molecule has 1 amide bonds. The molecule has 1 fully saturated rings. The largest absolute Gasteiger partial charge is 0.368 e. The third-order valence-corrected chi connectivity index (χ3v) is 4.16. The molecule has 1 aromatic heterocycles. The normalized spacial score (nSPS) is 15.0. The Morgan fingerprint density at radius 1 is 1.30 bits per heavy atom. The fourth-order valence-corrected chi connectivity index (χ4v) is 2.87. The molecule has 6 nitrogen and oxygen atoms in total. The number of aromatic nitrogens is 2. The molecule has 0 radical (unpaired) electrons. The number of carbonyl (C=O) groups excluding carboxylic acids is 1. The van der Waals surface area contributed by atoms with Gasteiger partial charge in [0.15, 0.2) is 0 Å². The van der Waals surface area contributed by atoms with Gasteiger partial charge in [0.2, 0.25) is 5.91 Å². The first-order chi connectivity index (χ1) is 11.2. The fourth-order valence-electron chi connectivity index (χ4n) is 2.68. The number of nitrogens with one attached hydrogen (secondary N) is 2. The molecule has 2 heterocycles. The Hall–Kier alpha value is -2.05. The van der Waals surface area contributed by atoms with Gasteiger partial charge >= 0.3 is 0 Å². The number of amides is 1. The van der Waals surface area contributed by atoms with Crippen molar-refractivity contribution in [3.63, 3.8) is 0 Å². The second-order valence-electron chi connectivity index (χ2n) is 5.49. The monoisotopic (exact) mass is 333 g/mol. The minimum absolute atomic E-state index is 0.127. The van der Waals surface area contributed by atoms with Crippen LogP contribution < -0.4 is 10.2 Å². The molecule has 7 heteroatoms. The van der Waals surface area contributed by atoms with E-state index in [0.29, 0.717) is 13.1 Å². The van der Waals surface area contributed by atoms with E-state index in [0.717, 1.165) is 42.7 Å². The highest BCUT2D eigenvalue weighted by molar-refractivity contribution is 6.30. The molecule has 1 aliphatic heterocycles. The minimum Gasteiger partial charge on any atom is -0.368 e. The lowest BCUT2D eigenvalue weighted by Gasteiger charge is -2.36. The molecule has 0 spiro atoms. The third kappa shape index (κ3) is 4.24. The summed E-state index contributed by atoms with van der Waals surface area (Å²) in [7, 11) is 0. The van der Waals surface area contributed by atoms with Gasteiger partial charge in [-0.2, -0.15) is 0 Å². The van der Waals surface area contributed by atoms with Gasteiger partial charge in [0.05, 0.1) is 13.1 Å². The van der Waals surface area contributed by atoms with Crippen LogP contribution in [-0.4, -0.2) is 53.5 Å². The first-order valence-corrected chi connectivity index (χ1v) is 8.07. The van der Waals surface area contributed by atoms with Gasteiger partial charge in [-0.15, -0.1) is 0 Å². The Labute approximate surface area is 140 Å². The third-order valence-electron chi connectivity index (χ3n) is 3.93. The van der Waals surface area contributed by atoms with E-state index in [4.69, 9.17) is 11.6 Å². The van der Waals surface area contributed by atoms with E-state index >= 15 is 0 Å². The van der Waals surface area contributed by atoms with Crippen molar-refractivity contribution in [1.82, 2.24) is 20.2 Å². The predicted molar refractivity (Wildman–Crippen MR) is 90.5 cm³/mol. The Kier molecular flexibility index (Phi) is 5.15. The van der Waals surface area contributed by atoms with Gasteiger partial charge < -0.3 is 20.1 Å². The van der Waals surface area contributed by atoms with Gasteiger partial charge in [0.25, 0.3) is 0 Å². The van der Waals surface area contributed by atoms with E-state index in [-0.39, 0.29) is 5.91 Å². The van der Waals surface area contributed by atoms with E-state index < -0.39 is 0 Å². The zero-order valence-electron chi connectivity index (χ0n) is 12.8. The van der Waals surface area contributed by atoms with Gasteiger partial charge in [0.1, 0.15) is 5.82 Å². The maximum atomic E-state index is 12.2. The summed E-state index contributed by atoms with van der Waals surface area (Å²) in [5, 5.41) is 3.86. The SMILES string of the molecule is O=C(CNCc1ncc[nH]1)N1CCN(c2cccc(Cl)c2)CC1. The summed E-state index contributed by atoms with van der Waals surface area (Å²) in [5.41, 5.74) is 1.11. The lowest BCUT2D eigenvalue weighted by Crippen LogP contribution is -2.50. The molecule has 3 rings (SSSR count). The molecule has 2 N–H and O–H groups in total. The second-order valence-corrected chi connectivity index (χ2v) is 5.92. The summed E-state index contributed by atoms with van der Waals surface area (Å²) >= 11 is 6.04. The van der Waals surface area contributed by atoms with Crippen LogP contribution in [-0.2, 0) is 11.3 Å². The molecular weight excluding hydrogens is 314 g/mol. The zero-order valence-corrected chi connectivity index (χ0v) is 13.6. The number of anilines is 1. The van der Waals surface area contributed by atoms with Crippen molar-refractivity contribution in [2.75, 3.05) is 37.6 Å². The highest BCUT2D eigenvalue weighted by atomic mass is 35.5. The summed E-state index contributed by atoms with van der Waals surface area (Å²) in [6.45, 7) is 4.01. The lowest BCUT2D eigenvalue weighted by atomic mass is 10.2. The van der Waals surface area contributed by atoms with Crippen LogP contribution in [0.3, 0.4) is 0 Å². The number of piperazine rings is 1. The topological polar surface area (TPSA) is 64.3 Å². The summed E-state index contributed by atoms with van der Waals surface area (Å²) < 4.78 is 0. The highest BCUT2D eigenvalue weighted by Crippen LogP contribution is 2.20. The molecule has 0 atom stereocenters. The van der Waals surface area contributed by atoms with Crippen LogP contribution in [0, 0.1) is 0 Å². The Bertz CT molecular complexity index is 638. The Morgan fingerprint density at radius 3 is 2.83 bits per heavy atom. The number of aromatic amines is 1. The van der Waals surface area contributed by atoms with E-state index in [1.54, 1.807) is 12.4 Å². The lowest BCUT2D eigenvalue weighted by molar-refractivity contribution is -0.130. The van der Waals surface area contributed by atoms with Gasteiger partial charge in [-0.25, -0.2) is 4.98 Å². The van der Waals surface area contributed by atoms with E-state index in [9.17, 15) is 4.79 Å². The molecule has 0 unspecified atom stereocenters. The molecule has 1 aromatic carbocycles. The fraction of sp³-hybridized carbons (Fsp3) is 0.375. The quantitative estimate of drug-likeness (QED) is 0.870. The number of imidazole rings is 1. The summed E-state index contributed by atoms with van der Waals surface area (Å²) in [6, 6.07) is 7.83. The van der Waals surface area contributed by atoms with Crippen LogP contribution in [0.15, 0.2) is 36.7 Å². The first-order valence-electron chi connectivity index (χ1n) is 7.69. The van der Waals surface area contributed by atoms with E-state index in [2.05, 4.69) is 20.2 Å². The van der Waals surface area contributed by atoms with E-state index in [1.165, 1.54) is 0 Å². The van der Waals surface area contributed by atoms with Gasteiger partial charge in [0, 0.05) is 49.3 Å². The van der Waals surface area contributed by atoms with Crippen molar-refractivity contribution in [3.05, 3.63) is 47.5 Å². The number of hydrogen-bond donors (Lipinski definition) is 2. The van der Waals surface area contributed by atoms with Crippen LogP contribution in [0.4, 0.5) is 5.69 Å². The number of carbonyl (C=O) groups is 1. The predicted octanol–water partition coefficient (Wildman–Crippen LogP) is 1.50. The average Bonchev–Trinajstić information content (AvgIpc) is 3.08. The number of hydrogen-bond acceptors (Lipinski definition) is 4. The van der Waals surface area contributed by atoms with Crippen LogP contribution in [0.2, 0.25) is 5.02 Å².